The van der Waals surface area contributed by atoms with Crippen LogP contribution < -0.4 is 5.32 Å². The summed E-state index contributed by atoms with van der Waals surface area (Å²) < 4.78 is 2.00. The summed E-state index contributed by atoms with van der Waals surface area (Å²) in [7, 11) is 0. The molecule has 0 saturated heterocycles. The third-order valence-corrected chi connectivity index (χ3v) is 5.35. The van der Waals surface area contributed by atoms with Crippen molar-refractivity contribution in [3.8, 4) is 11.3 Å². The maximum Gasteiger partial charge on any atom is 0.231 e. The van der Waals surface area contributed by atoms with Crippen molar-refractivity contribution in [3.63, 3.8) is 0 Å². The number of hydrogen-bond donors (Lipinski definition) is 1. The van der Waals surface area contributed by atoms with Gasteiger partial charge in [-0.1, -0.05) is 31.2 Å². The van der Waals surface area contributed by atoms with Gasteiger partial charge in [-0.3, -0.25) is 9.20 Å². The first-order valence-corrected chi connectivity index (χ1v) is 9.77. The van der Waals surface area contributed by atoms with Crippen LogP contribution in [-0.4, -0.2) is 20.3 Å². The molecule has 5 nitrogen and oxygen atoms in total. The molecule has 0 aliphatic heterocycles. The Bertz CT molecular complexity index is 1100. The lowest BCUT2D eigenvalue weighted by atomic mass is 10.1. The van der Waals surface area contributed by atoms with Crippen LogP contribution in [0.5, 0.6) is 0 Å². The molecule has 0 bridgehead atoms. The van der Waals surface area contributed by atoms with E-state index in [0.29, 0.717) is 5.82 Å². The Morgan fingerprint density at radius 2 is 2.04 bits per heavy atom. The number of anilines is 1. The fraction of sp³-hybridized carbons (Fsp3) is 0.190. The topological polar surface area (TPSA) is 59.3 Å². The van der Waals surface area contributed by atoms with Crippen molar-refractivity contribution in [1.82, 2.24) is 14.4 Å². The zero-order chi connectivity index (χ0) is 18.8. The lowest BCUT2D eigenvalue weighted by molar-refractivity contribution is -0.115. The molecule has 27 heavy (non-hydrogen) atoms. The molecule has 0 unspecified atom stereocenters. The predicted octanol–water partition coefficient (Wildman–Crippen LogP) is 4.51. The summed E-state index contributed by atoms with van der Waals surface area (Å²) in [6.07, 6.45) is 4.99. The molecule has 0 fully saturated rings. The molecule has 3 aromatic heterocycles. The van der Waals surface area contributed by atoms with E-state index >= 15 is 0 Å². The monoisotopic (exact) mass is 376 g/mol. The molecule has 6 heteroatoms. The summed E-state index contributed by atoms with van der Waals surface area (Å²) in [4.78, 5) is 22.2. The average Bonchev–Trinajstić information content (AvgIpc) is 3.24. The van der Waals surface area contributed by atoms with Crippen LogP contribution >= 0.6 is 11.3 Å². The minimum atomic E-state index is -0.0876. The van der Waals surface area contributed by atoms with Crippen molar-refractivity contribution in [2.24, 2.45) is 0 Å². The van der Waals surface area contributed by atoms with Crippen LogP contribution in [0.3, 0.4) is 0 Å². The quantitative estimate of drug-likeness (QED) is 0.557. The van der Waals surface area contributed by atoms with Crippen LogP contribution in [0.2, 0.25) is 0 Å². The van der Waals surface area contributed by atoms with Crippen LogP contribution in [-0.2, 0) is 17.6 Å². The third-order valence-electron chi connectivity index (χ3n) is 4.47. The average molecular weight is 376 g/mol. The van der Waals surface area contributed by atoms with Gasteiger partial charge >= 0.3 is 0 Å². The Labute approximate surface area is 161 Å². The van der Waals surface area contributed by atoms with E-state index in [-0.39, 0.29) is 12.3 Å². The van der Waals surface area contributed by atoms with E-state index in [1.807, 2.05) is 35.0 Å². The molecule has 0 aliphatic carbocycles. The number of thiazole rings is 1. The van der Waals surface area contributed by atoms with Gasteiger partial charge in [0.1, 0.15) is 5.82 Å². The summed E-state index contributed by atoms with van der Waals surface area (Å²) in [6.45, 7) is 4.12. The maximum atomic E-state index is 12.4. The van der Waals surface area contributed by atoms with E-state index in [4.69, 9.17) is 4.98 Å². The molecule has 0 saturated carbocycles. The molecule has 4 rings (SSSR count). The van der Waals surface area contributed by atoms with Gasteiger partial charge in [-0.15, -0.1) is 11.3 Å². The number of aryl methyl sites for hydroxylation is 2. The molecule has 0 aliphatic rings. The summed E-state index contributed by atoms with van der Waals surface area (Å²) in [5.41, 5.74) is 5.30. The molecule has 1 amide bonds. The normalized spacial score (nSPS) is 11.0. The Hall–Kier alpha value is -2.99. The summed E-state index contributed by atoms with van der Waals surface area (Å²) in [5.74, 6) is 0.490. The number of aromatic nitrogens is 3. The number of hydrogen-bond acceptors (Lipinski definition) is 4. The molecule has 1 aromatic carbocycles. The summed E-state index contributed by atoms with van der Waals surface area (Å²) >= 11 is 1.54. The Balaban J connectivity index is 1.54. The van der Waals surface area contributed by atoms with Gasteiger partial charge in [-0.2, -0.15) is 0 Å². The summed E-state index contributed by atoms with van der Waals surface area (Å²) in [5, 5.41) is 4.84. The second kappa shape index (κ2) is 7.32. The van der Waals surface area contributed by atoms with E-state index < -0.39 is 0 Å². The van der Waals surface area contributed by atoms with Crippen LogP contribution in [0.1, 0.15) is 23.7 Å². The van der Waals surface area contributed by atoms with Gasteiger partial charge in [-0.05, 0) is 36.6 Å². The molecule has 3 heterocycles. The highest BCUT2D eigenvalue weighted by Gasteiger charge is 2.13. The Kier molecular flexibility index (Phi) is 4.73. The standard InChI is InChI=1S/C21H20N4OS/c1-3-15-4-6-16(7-5-15)18-12-25-17(13-27-21(25)23-18)11-20(26)24-19-10-14(2)8-9-22-19/h4-10,12-13H,3,11H2,1-2H3,(H,22,24,26). The molecular formula is C21H20N4OS. The molecule has 0 radical (unpaired) electrons. The largest absolute Gasteiger partial charge is 0.310 e. The number of nitrogens with zero attached hydrogens (tertiary/aromatic N) is 3. The predicted molar refractivity (Wildman–Crippen MR) is 109 cm³/mol. The van der Waals surface area contributed by atoms with Gasteiger partial charge < -0.3 is 5.32 Å². The number of nitrogens with one attached hydrogen (secondary N) is 1. The summed E-state index contributed by atoms with van der Waals surface area (Å²) in [6, 6.07) is 12.2. The van der Waals surface area contributed by atoms with Crippen LogP contribution in [0.25, 0.3) is 16.2 Å². The van der Waals surface area contributed by atoms with Crippen molar-refractivity contribution < 1.29 is 4.79 Å². The van der Waals surface area contributed by atoms with Crippen molar-refractivity contribution in [2.75, 3.05) is 5.32 Å². The molecular weight excluding hydrogens is 356 g/mol. The first kappa shape index (κ1) is 17.4. The van der Waals surface area contributed by atoms with Crippen LogP contribution in [0.4, 0.5) is 5.82 Å². The van der Waals surface area contributed by atoms with E-state index in [0.717, 1.165) is 33.9 Å². The first-order chi connectivity index (χ1) is 13.1. The van der Waals surface area contributed by atoms with Crippen molar-refractivity contribution >= 4 is 28.0 Å². The molecule has 0 spiro atoms. The fourth-order valence-electron chi connectivity index (χ4n) is 2.96. The highest BCUT2D eigenvalue weighted by atomic mass is 32.1. The number of rotatable bonds is 5. The van der Waals surface area contributed by atoms with Crippen LogP contribution in [0, 0.1) is 6.92 Å². The second-order valence-electron chi connectivity index (χ2n) is 6.50. The molecule has 136 valence electrons. The van der Waals surface area contributed by atoms with Gasteiger partial charge in [0.15, 0.2) is 4.96 Å². The van der Waals surface area contributed by atoms with Crippen molar-refractivity contribution in [3.05, 3.63) is 71.0 Å². The van der Waals surface area contributed by atoms with Crippen molar-refractivity contribution in [2.45, 2.75) is 26.7 Å². The maximum absolute atomic E-state index is 12.4. The number of fused-ring (bicyclic) bond motifs is 1. The minimum Gasteiger partial charge on any atom is -0.310 e. The number of pyridine rings is 1. The number of benzene rings is 1. The number of imidazole rings is 1. The van der Waals surface area contributed by atoms with E-state index in [9.17, 15) is 4.79 Å². The Morgan fingerprint density at radius 1 is 1.22 bits per heavy atom. The van der Waals surface area contributed by atoms with Crippen molar-refractivity contribution in [1.29, 1.82) is 0 Å². The zero-order valence-electron chi connectivity index (χ0n) is 15.3. The van der Waals surface area contributed by atoms with Gasteiger partial charge in [0.2, 0.25) is 5.91 Å². The van der Waals surface area contributed by atoms with E-state index in [1.165, 1.54) is 5.56 Å². The zero-order valence-corrected chi connectivity index (χ0v) is 16.1. The smallest absolute Gasteiger partial charge is 0.231 e. The highest BCUT2D eigenvalue weighted by Crippen LogP contribution is 2.24. The lowest BCUT2D eigenvalue weighted by Crippen LogP contribution is -2.16. The van der Waals surface area contributed by atoms with Gasteiger partial charge in [0, 0.05) is 29.0 Å². The molecule has 1 N–H and O–H groups in total. The Morgan fingerprint density at radius 3 is 2.78 bits per heavy atom. The third kappa shape index (κ3) is 3.75. The molecule has 4 aromatic rings. The van der Waals surface area contributed by atoms with Gasteiger partial charge in [0.05, 0.1) is 12.1 Å². The fourth-order valence-corrected chi connectivity index (χ4v) is 3.84. The molecule has 0 atom stereocenters. The SMILES string of the molecule is CCc1ccc(-c2cn3c(CC(=O)Nc4cc(C)ccn4)csc3n2)cc1. The van der Waals surface area contributed by atoms with E-state index in [1.54, 1.807) is 17.5 Å². The van der Waals surface area contributed by atoms with E-state index in [2.05, 4.69) is 41.5 Å². The first-order valence-electron chi connectivity index (χ1n) is 8.89. The van der Waals surface area contributed by atoms with Gasteiger partial charge in [-0.25, -0.2) is 9.97 Å². The minimum absolute atomic E-state index is 0.0876. The number of carbonyl (C=O) groups excluding carboxylic acids is 1. The van der Waals surface area contributed by atoms with Gasteiger partial charge in [0.25, 0.3) is 0 Å². The lowest BCUT2D eigenvalue weighted by Gasteiger charge is -2.04. The van der Waals surface area contributed by atoms with Crippen LogP contribution in [0.15, 0.2) is 54.2 Å². The second-order valence-corrected chi connectivity index (χ2v) is 7.34. The highest BCUT2D eigenvalue weighted by molar-refractivity contribution is 7.15. The number of amides is 1. The number of carbonyl (C=O) groups is 1.